The van der Waals surface area contributed by atoms with Gasteiger partial charge in [-0.1, -0.05) is 18.2 Å². The predicted molar refractivity (Wildman–Crippen MR) is 123 cm³/mol. The van der Waals surface area contributed by atoms with E-state index < -0.39 is 0 Å². The first-order valence-electron chi connectivity index (χ1n) is 10.5. The van der Waals surface area contributed by atoms with Crippen LogP contribution < -0.4 is 5.32 Å². The summed E-state index contributed by atoms with van der Waals surface area (Å²) >= 11 is 5.68. The average molecular weight is 438 g/mol. The first kappa shape index (κ1) is 21.4. The first-order valence-corrected chi connectivity index (χ1v) is 10.9. The molecule has 1 aliphatic rings. The number of rotatable bonds is 7. The molecule has 9 heteroatoms. The molecule has 0 spiro atoms. The van der Waals surface area contributed by atoms with Gasteiger partial charge in [-0.05, 0) is 43.4 Å². The van der Waals surface area contributed by atoms with Gasteiger partial charge < -0.3 is 9.88 Å². The van der Waals surface area contributed by atoms with Crippen molar-refractivity contribution < 1.29 is 4.79 Å². The average Bonchev–Trinajstić information content (AvgIpc) is 3.11. The van der Waals surface area contributed by atoms with Crippen molar-refractivity contribution in [1.29, 1.82) is 0 Å². The zero-order chi connectivity index (χ0) is 21.6. The highest BCUT2D eigenvalue weighted by molar-refractivity contribution is 7.71. The van der Waals surface area contributed by atoms with Crippen molar-refractivity contribution in [3.05, 3.63) is 59.6 Å². The van der Waals surface area contributed by atoms with Gasteiger partial charge in [-0.25, -0.2) is 4.68 Å². The van der Waals surface area contributed by atoms with Crippen LogP contribution in [-0.4, -0.2) is 67.8 Å². The number of piperazine rings is 1. The second kappa shape index (κ2) is 9.95. The summed E-state index contributed by atoms with van der Waals surface area (Å²) in [4.78, 5) is 20.9. The van der Waals surface area contributed by atoms with E-state index in [0.29, 0.717) is 13.2 Å². The summed E-state index contributed by atoms with van der Waals surface area (Å²) < 4.78 is 4.67. The number of pyridine rings is 1. The van der Waals surface area contributed by atoms with Gasteiger partial charge in [-0.3, -0.25) is 19.6 Å². The molecular weight excluding hydrogens is 410 g/mol. The van der Waals surface area contributed by atoms with Crippen molar-refractivity contribution in [2.45, 2.75) is 20.1 Å². The van der Waals surface area contributed by atoms with Crippen LogP contribution in [0.3, 0.4) is 0 Å². The smallest absolute Gasteiger partial charge is 0.238 e. The zero-order valence-corrected chi connectivity index (χ0v) is 18.5. The van der Waals surface area contributed by atoms with Crippen LogP contribution in [0.15, 0.2) is 54.9 Å². The summed E-state index contributed by atoms with van der Waals surface area (Å²) in [5, 5.41) is 7.74. The molecule has 2 aromatic heterocycles. The molecule has 1 amide bonds. The van der Waals surface area contributed by atoms with Gasteiger partial charge in [0.2, 0.25) is 5.91 Å². The fourth-order valence-electron chi connectivity index (χ4n) is 3.74. The number of para-hydroxylation sites is 1. The van der Waals surface area contributed by atoms with E-state index >= 15 is 0 Å². The highest BCUT2D eigenvalue weighted by Gasteiger charge is 2.21. The van der Waals surface area contributed by atoms with Crippen LogP contribution in [0.2, 0.25) is 0 Å². The molecule has 162 valence electrons. The van der Waals surface area contributed by atoms with Gasteiger partial charge in [0, 0.05) is 56.4 Å². The van der Waals surface area contributed by atoms with Crippen LogP contribution in [0.5, 0.6) is 0 Å². The number of nitrogens with zero attached hydrogens (tertiary/aromatic N) is 6. The molecule has 0 atom stereocenters. The molecule has 0 radical (unpaired) electrons. The molecule has 1 fully saturated rings. The minimum absolute atomic E-state index is 0.0190. The number of carbonyl (C=O) groups excluding carboxylic acids is 1. The Morgan fingerprint density at radius 3 is 2.39 bits per heavy atom. The standard InChI is InChI=1S/C22H27N7OS/c1-2-28-21(18-8-10-23-11-9-18)25-29(22(28)31)17-27-14-12-26(13-15-27)16-20(30)24-19-6-4-3-5-7-19/h3-11H,2,12-17H2,1H3,(H,24,30). The van der Waals surface area contributed by atoms with Gasteiger partial charge in [0.05, 0.1) is 13.2 Å². The van der Waals surface area contributed by atoms with E-state index in [0.717, 1.165) is 54.6 Å². The summed E-state index contributed by atoms with van der Waals surface area (Å²) in [6, 6.07) is 13.5. The second-order valence-electron chi connectivity index (χ2n) is 7.54. The fourth-order valence-corrected chi connectivity index (χ4v) is 4.05. The van der Waals surface area contributed by atoms with E-state index in [1.54, 1.807) is 12.4 Å². The number of hydrogen-bond donors (Lipinski definition) is 1. The zero-order valence-electron chi connectivity index (χ0n) is 17.6. The molecule has 0 bridgehead atoms. The van der Waals surface area contributed by atoms with Crippen molar-refractivity contribution in [1.82, 2.24) is 29.1 Å². The van der Waals surface area contributed by atoms with Gasteiger partial charge in [0.1, 0.15) is 0 Å². The topological polar surface area (TPSA) is 71.2 Å². The molecule has 31 heavy (non-hydrogen) atoms. The molecule has 1 N–H and O–H groups in total. The van der Waals surface area contributed by atoms with Crippen LogP contribution in [-0.2, 0) is 18.0 Å². The Kier molecular flexibility index (Phi) is 6.86. The molecule has 1 aliphatic heterocycles. The third-order valence-corrected chi connectivity index (χ3v) is 5.83. The maximum atomic E-state index is 12.3. The van der Waals surface area contributed by atoms with Gasteiger partial charge in [-0.2, -0.15) is 5.10 Å². The molecule has 0 saturated carbocycles. The summed E-state index contributed by atoms with van der Waals surface area (Å²) in [5.74, 6) is 0.886. The molecule has 8 nitrogen and oxygen atoms in total. The van der Waals surface area contributed by atoms with Crippen molar-refractivity contribution >= 4 is 23.8 Å². The van der Waals surface area contributed by atoms with E-state index in [1.807, 2.05) is 47.1 Å². The lowest BCUT2D eigenvalue weighted by molar-refractivity contribution is -0.117. The Hall–Kier alpha value is -2.88. The number of nitrogens with one attached hydrogen (secondary N) is 1. The van der Waals surface area contributed by atoms with E-state index in [2.05, 4.69) is 31.6 Å². The van der Waals surface area contributed by atoms with Gasteiger partial charge in [-0.15, -0.1) is 0 Å². The van der Waals surface area contributed by atoms with Crippen LogP contribution in [0.4, 0.5) is 5.69 Å². The Balaban J connectivity index is 1.33. The van der Waals surface area contributed by atoms with Crippen LogP contribution >= 0.6 is 12.2 Å². The Morgan fingerprint density at radius 1 is 1.03 bits per heavy atom. The van der Waals surface area contributed by atoms with Crippen molar-refractivity contribution in [3.8, 4) is 11.4 Å². The summed E-state index contributed by atoms with van der Waals surface area (Å²) in [6.07, 6.45) is 3.54. The lowest BCUT2D eigenvalue weighted by Gasteiger charge is -2.33. The third kappa shape index (κ3) is 5.25. The highest BCUT2D eigenvalue weighted by atomic mass is 32.1. The van der Waals surface area contributed by atoms with Gasteiger partial charge in [0.25, 0.3) is 0 Å². The number of anilines is 1. The maximum absolute atomic E-state index is 12.3. The number of hydrogen-bond acceptors (Lipinski definition) is 6. The van der Waals surface area contributed by atoms with E-state index in [1.165, 1.54) is 0 Å². The van der Waals surface area contributed by atoms with Crippen molar-refractivity contribution in [2.75, 3.05) is 38.0 Å². The Bertz CT molecular complexity index is 1060. The number of benzene rings is 1. The summed E-state index contributed by atoms with van der Waals surface area (Å²) in [5.41, 5.74) is 1.84. The van der Waals surface area contributed by atoms with Crippen molar-refractivity contribution in [2.24, 2.45) is 0 Å². The molecule has 0 unspecified atom stereocenters. The normalized spacial score (nSPS) is 15.1. The predicted octanol–water partition coefficient (Wildman–Crippen LogP) is 2.71. The lowest BCUT2D eigenvalue weighted by Crippen LogP contribution is -2.49. The maximum Gasteiger partial charge on any atom is 0.238 e. The quantitative estimate of drug-likeness (QED) is 0.573. The van der Waals surface area contributed by atoms with Gasteiger partial charge >= 0.3 is 0 Å². The SMILES string of the molecule is CCn1c(-c2ccncc2)nn(CN2CCN(CC(=O)Nc3ccccc3)CC2)c1=S. The van der Waals surface area contributed by atoms with Crippen LogP contribution in [0.1, 0.15) is 6.92 Å². The molecular formula is C22H27N7OS. The van der Waals surface area contributed by atoms with E-state index in [9.17, 15) is 4.79 Å². The minimum atomic E-state index is 0.0190. The fraction of sp³-hybridized carbons (Fsp3) is 0.364. The molecule has 1 saturated heterocycles. The molecule has 0 aliphatic carbocycles. The van der Waals surface area contributed by atoms with Crippen molar-refractivity contribution in [3.63, 3.8) is 0 Å². The van der Waals surface area contributed by atoms with Crippen LogP contribution in [0.25, 0.3) is 11.4 Å². The molecule has 4 rings (SSSR count). The first-order chi connectivity index (χ1) is 15.1. The number of amides is 1. The molecule has 3 aromatic rings. The Morgan fingerprint density at radius 2 is 1.71 bits per heavy atom. The highest BCUT2D eigenvalue weighted by Crippen LogP contribution is 2.18. The molecule has 3 heterocycles. The second-order valence-corrected chi connectivity index (χ2v) is 7.90. The van der Waals surface area contributed by atoms with E-state index in [4.69, 9.17) is 17.3 Å². The lowest BCUT2D eigenvalue weighted by atomic mass is 10.2. The minimum Gasteiger partial charge on any atom is -0.325 e. The summed E-state index contributed by atoms with van der Waals surface area (Å²) in [7, 11) is 0. The number of carbonyl (C=O) groups is 1. The monoisotopic (exact) mass is 437 g/mol. The van der Waals surface area contributed by atoms with E-state index in [-0.39, 0.29) is 5.91 Å². The Labute approximate surface area is 187 Å². The third-order valence-electron chi connectivity index (χ3n) is 5.40. The summed E-state index contributed by atoms with van der Waals surface area (Å²) in [6.45, 7) is 7.29. The van der Waals surface area contributed by atoms with Gasteiger partial charge in [0.15, 0.2) is 10.6 Å². The molecule has 1 aromatic carbocycles. The van der Waals surface area contributed by atoms with Crippen LogP contribution in [0, 0.1) is 4.77 Å². The largest absolute Gasteiger partial charge is 0.325 e. The number of aromatic nitrogens is 4.